The zero-order valence-electron chi connectivity index (χ0n) is 11.7. The molecule has 22 heavy (non-hydrogen) atoms. The van der Waals surface area contributed by atoms with Crippen LogP contribution in [0.2, 0.25) is 0 Å². The van der Waals surface area contributed by atoms with Gasteiger partial charge in [0.15, 0.2) is 11.5 Å². The largest absolute Gasteiger partial charge is 0.504 e. The molecule has 0 heterocycles. The lowest BCUT2D eigenvalue weighted by molar-refractivity contribution is 0.0526. The topological polar surface area (TPSA) is 55.8 Å². The molecule has 0 radical (unpaired) electrons. The molecule has 0 fully saturated rings. The second-order valence-corrected chi connectivity index (χ2v) is 6.87. The van der Waals surface area contributed by atoms with Crippen LogP contribution >= 0.6 is 30.1 Å². The Morgan fingerprint density at radius 2 is 1.91 bits per heavy atom. The van der Waals surface area contributed by atoms with Gasteiger partial charge in [-0.05, 0) is 38.9 Å². The molecule has 6 heteroatoms. The molecule has 0 bridgehead atoms. The Morgan fingerprint density at radius 1 is 1.14 bits per heavy atom. The Morgan fingerprint density at radius 3 is 2.64 bits per heavy atom. The van der Waals surface area contributed by atoms with Crippen molar-refractivity contribution in [3.05, 3.63) is 59.7 Å². The summed E-state index contributed by atoms with van der Waals surface area (Å²) in [4.78, 5) is 11.9. The number of phenolic OH excluding ortho intramolecular Hbond substituents is 1. The first-order valence-electron chi connectivity index (χ1n) is 6.61. The van der Waals surface area contributed by atoms with Crippen molar-refractivity contribution < 1.29 is 19.4 Å². The lowest BCUT2D eigenvalue weighted by Crippen LogP contribution is -2.08. The summed E-state index contributed by atoms with van der Waals surface area (Å²) >= 11 is 2.13. The Balaban J connectivity index is 2.03. The van der Waals surface area contributed by atoms with E-state index in [1.807, 2.05) is 30.3 Å². The number of hydrogen-bond acceptors (Lipinski definition) is 5. The minimum absolute atomic E-state index is 0.115. The zero-order valence-corrected chi connectivity index (χ0v) is 14.7. The number of carbonyl (C=O) groups excluding carboxylic acids is 1. The number of hydrogen-bond donors (Lipinski definition) is 1. The standard InChI is InChI=1S/C16H15IO4S/c17-22-10-9-20-16(19)13-7-4-8-14(15(13)18)21-11-12-5-2-1-3-6-12/h1-8,18H,9-11H2. The van der Waals surface area contributed by atoms with Gasteiger partial charge in [0, 0.05) is 5.75 Å². The van der Waals surface area contributed by atoms with E-state index in [2.05, 4.69) is 21.2 Å². The Kier molecular flexibility index (Phi) is 6.85. The number of benzene rings is 2. The number of rotatable bonds is 7. The van der Waals surface area contributed by atoms with Crippen molar-refractivity contribution in [2.75, 3.05) is 12.4 Å². The van der Waals surface area contributed by atoms with Gasteiger partial charge < -0.3 is 14.6 Å². The van der Waals surface area contributed by atoms with E-state index in [4.69, 9.17) is 9.47 Å². The monoisotopic (exact) mass is 430 g/mol. The molecule has 2 rings (SSSR count). The number of ether oxygens (including phenoxy) is 2. The number of aromatic hydroxyl groups is 1. The summed E-state index contributed by atoms with van der Waals surface area (Å²) in [5, 5.41) is 10.2. The minimum Gasteiger partial charge on any atom is -0.504 e. The normalized spacial score (nSPS) is 10.2. The number of para-hydroxylation sites is 1. The molecular weight excluding hydrogens is 415 g/mol. The highest BCUT2D eigenvalue weighted by atomic mass is 127. The summed E-state index contributed by atoms with van der Waals surface area (Å²) in [5.41, 5.74) is 1.10. The molecule has 0 saturated heterocycles. The molecule has 0 aromatic heterocycles. The van der Waals surface area contributed by atoms with Gasteiger partial charge in [0.2, 0.25) is 0 Å². The van der Waals surface area contributed by atoms with Crippen LogP contribution in [0.4, 0.5) is 0 Å². The number of carbonyl (C=O) groups is 1. The van der Waals surface area contributed by atoms with Gasteiger partial charge in [0.25, 0.3) is 0 Å². The SMILES string of the molecule is O=C(OCCSI)c1cccc(OCc2ccccc2)c1O. The van der Waals surface area contributed by atoms with E-state index in [9.17, 15) is 9.90 Å². The quantitative estimate of drug-likeness (QED) is 0.405. The molecule has 1 N–H and O–H groups in total. The summed E-state index contributed by atoms with van der Waals surface area (Å²) in [6.45, 7) is 0.624. The number of halogens is 1. The lowest BCUT2D eigenvalue weighted by atomic mass is 10.2. The molecule has 0 saturated carbocycles. The highest BCUT2D eigenvalue weighted by molar-refractivity contribution is 14.2. The van der Waals surface area contributed by atoms with Crippen molar-refractivity contribution in [1.29, 1.82) is 0 Å². The summed E-state index contributed by atoms with van der Waals surface area (Å²) in [6, 6.07) is 14.4. The smallest absolute Gasteiger partial charge is 0.342 e. The third-order valence-corrected chi connectivity index (χ3v) is 4.49. The van der Waals surface area contributed by atoms with E-state index in [1.54, 1.807) is 21.1 Å². The average molecular weight is 430 g/mol. The number of phenols is 1. The molecule has 2 aromatic rings. The fourth-order valence-corrected chi connectivity index (χ4v) is 2.47. The highest BCUT2D eigenvalue weighted by Crippen LogP contribution is 2.31. The van der Waals surface area contributed by atoms with Crippen LogP contribution in [-0.4, -0.2) is 23.4 Å². The predicted molar refractivity (Wildman–Crippen MR) is 95.6 cm³/mol. The van der Waals surface area contributed by atoms with Crippen LogP contribution in [0.1, 0.15) is 15.9 Å². The van der Waals surface area contributed by atoms with Gasteiger partial charge in [-0.2, -0.15) is 0 Å². The van der Waals surface area contributed by atoms with Crippen LogP contribution < -0.4 is 4.74 Å². The molecule has 4 nitrogen and oxygen atoms in total. The van der Waals surface area contributed by atoms with E-state index in [-0.39, 0.29) is 17.1 Å². The van der Waals surface area contributed by atoms with Crippen LogP contribution in [0.25, 0.3) is 0 Å². The molecular formula is C16H15IO4S. The van der Waals surface area contributed by atoms with E-state index in [1.165, 1.54) is 6.07 Å². The van der Waals surface area contributed by atoms with Gasteiger partial charge in [0.05, 0.1) is 0 Å². The van der Waals surface area contributed by atoms with Crippen molar-refractivity contribution in [2.45, 2.75) is 6.61 Å². The Hall–Kier alpha value is -1.41. The maximum Gasteiger partial charge on any atom is 0.342 e. The van der Waals surface area contributed by atoms with Gasteiger partial charge >= 0.3 is 5.97 Å². The van der Waals surface area contributed by atoms with E-state index in [0.717, 1.165) is 5.56 Å². The van der Waals surface area contributed by atoms with E-state index in [0.29, 0.717) is 19.0 Å². The molecule has 0 aliphatic heterocycles. The second-order valence-electron chi connectivity index (χ2n) is 4.38. The average Bonchev–Trinajstić information content (AvgIpc) is 2.55. The Labute approximate surface area is 145 Å². The maximum absolute atomic E-state index is 11.9. The first-order chi connectivity index (χ1) is 10.7. The van der Waals surface area contributed by atoms with Gasteiger partial charge in [-0.3, -0.25) is 0 Å². The van der Waals surface area contributed by atoms with Crippen LogP contribution in [0.15, 0.2) is 48.5 Å². The third kappa shape index (κ3) is 4.81. The van der Waals surface area contributed by atoms with Crippen LogP contribution in [-0.2, 0) is 11.3 Å². The van der Waals surface area contributed by atoms with Crippen molar-refractivity contribution in [3.8, 4) is 11.5 Å². The third-order valence-electron chi connectivity index (χ3n) is 2.85. The Bertz CT molecular complexity index is 619. The number of esters is 1. The zero-order chi connectivity index (χ0) is 15.8. The van der Waals surface area contributed by atoms with Gasteiger partial charge in [-0.1, -0.05) is 45.3 Å². The minimum atomic E-state index is -0.548. The first kappa shape index (κ1) is 17.0. The molecule has 2 aromatic carbocycles. The fourth-order valence-electron chi connectivity index (χ4n) is 1.78. The van der Waals surface area contributed by atoms with Crippen LogP contribution in [0.3, 0.4) is 0 Å². The first-order valence-corrected chi connectivity index (χ1v) is 10.1. The van der Waals surface area contributed by atoms with Crippen LogP contribution in [0, 0.1) is 0 Å². The fraction of sp³-hybridized carbons (Fsp3) is 0.188. The summed E-state index contributed by atoms with van der Waals surface area (Å²) in [5.74, 6) is 0.234. The molecule has 0 atom stereocenters. The summed E-state index contributed by atoms with van der Waals surface area (Å²) in [6.07, 6.45) is 0. The molecule has 0 spiro atoms. The molecule has 0 amide bonds. The molecule has 0 aliphatic carbocycles. The van der Waals surface area contributed by atoms with Crippen LogP contribution in [0.5, 0.6) is 11.5 Å². The van der Waals surface area contributed by atoms with Crippen molar-refractivity contribution in [3.63, 3.8) is 0 Å². The highest BCUT2D eigenvalue weighted by Gasteiger charge is 2.16. The maximum atomic E-state index is 11.9. The lowest BCUT2D eigenvalue weighted by Gasteiger charge is -2.11. The van der Waals surface area contributed by atoms with Crippen molar-refractivity contribution in [1.82, 2.24) is 0 Å². The van der Waals surface area contributed by atoms with Crippen molar-refractivity contribution in [2.24, 2.45) is 0 Å². The second kappa shape index (κ2) is 8.89. The summed E-state index contributed by atoms with van der Waals surface area (Å²) in [7, 11) is 1.56. The van der Waals surface area contributed by atoms with E-state index >= 15 is 0 Å². The molecule has 0 aliphatic rings. The van der Waals surface area contributed by atoms with Gasteiger partial charge in [-0.25, -0.2) is 4.79 Å². The van der Waals surface area contributed by atoms with Crippen molar-refractivity contribution >= 4 is 36.1 Å². The molecule has 116 valence electrons. The predicted octanol–water partition coefficient (Wildman–Crippen LogP) is 4.21. The molecule has 0 unspecified atom stereocenters. The summed E-state index contributed by atoms with van der Waals surface area (Å²) < 4.78 is 10.7. The van der Waals surface area contributed by atoms with Gasteiger partial charge in [-0.15, -0.1) is 0 Å². The van der Waals surface area contributed by atoms with Gasteiger partial charge in [0.1, 0.15) is 18.8 Å². The van der Waals surface area contributed by atoms with E-state index < -0.39 is 5.97 Å².